The average molecular weight is 541 g/mol. The Morgan fingerprint density at radius 3 is 2.44 bits per heavy atom. The van der Waals surface area contributed by atoms with Gasteiger partial charge in [-0.1, -0.05) is 72.4 Å². The summed E-state index contributed by atoms with van der Waals surface area (Å²) in [6.07, 6.45) is 1.20. The van der Waals surface area contributed by atoms with Crippen molar-refractivity contribution < 1.29 is 9.18 Å². The van der Waals surface area contributed by atoms with E-state index in [1.807, 2.05) is 46.2 Å². The molecular formula is C30H29FN6OS. The van der Waals surface area contributed by atoms with Crippen LogP contribution in [-0.4, -0.2) is 62.5 Å². The van der Waals surface area contributed by atoms with Crippen LogP contribution in [0.4, 0.5) is 10.1 Å². The lowest BCUT2D eigenvalue weighted by atomic mass is 10.2. The molecule has 1 aliphatic heterocycles. The third-order valence-electron chi connectivity index (χ3n) is 7.13. The van der Waals surface area contributed by atoms with Crippen LogP contribution in [0.25, 0.3) is 22.1 Å². The van der Waals surface area contributed by atoms with Crippen molar-refractivity contribution in [2.24, 2.45) is 0 Å². The van der Waals surface area contributed by atoms with E-state index in [4.69, 9.17) is 4.98 Å². The smallest absolute Gasteiger partial charge is 0.222 e. The number of halogens is 1. The quantitative estimate of drug-likeness (QED) is 0.194. The predicted molar refractivity (Wildman–Crippen MR) is 154 cm³/mol. The first kappa shape index (κ1) is 25.3. The largest absolute Gasteiger partial charge is 0.366 e. The Morgan fingerprint density at radius 1 is 0.872 bits per heavy atom. The number of hydrogen-bond donors (Lipinski definition) is 0. The molecule has 2 aromatic heterocycles. The van der Waals surface area contributed by atoms with E-state index in [0.29, 0.717) is 50.0 Å². The van der Waals surface area contributed by atoms with Crippen LogP contribution in [0.15, 0.2) is 84.0 Å². The number of nitrogens with zero attached hydrogens (tertiary/aromatic N) is 6. The standard InChI is InChI=1S/C30H29FN6OS/c31-24-12-5-7-14-26(24)35-16-18-36(19-17-35)27(38)15-8-20-39-30-32-29-28(33-34-30)23-11-4-6-13-25(23)37(29)21-22-9-2-1-3-10-22/h1-7,9-14H,8,15-21H2. The number of aromatic nitrogens is 4. The van der Waals surface area contributed by atoms with E-state index in [9.17, 15) is 9.18 Å². The number of rotatable bonds is 8. The Hall–Kier alpha value is -3.98. The molecule has 0 unspecified atom stereocenters. The average Bonchev–Trinajstić information content (AvgIpc) is 3.29. The van der Waals surface area contributed by atoms with Crippen LogP contribution < -0.4 is 4.90 Å². The van der Waals surface area contributed by atoms with Crippen LogP contribution in [0.1, 0.15) is 18.4 Å². The van der Waals surface area contributed by atoms with Gasteiger partial charge < -0.3 is 14.4 Å². The molecule has 1 amide bonds. The number of benzene rings is 3. The van der Waals surface area contributed by atoms with E-state index >= 15 is 0 Å². The molecule has 9 heteroatoms. The first-order valence-corrected chi connectivity index (χ1v) is 14.2. The van der Waals surface area contributed by atoms with E-state index in [-0.39, 0.29) is 11.7 Å². The van der Waals surface area contributed by atoms with Crippen molar-refractivity contribution in [1.29, 1.82) is 0 Å². The van der Waals surface area contributed by atoms with Gasteiger partial charge >= 0.3 is 0 Å². The molecule has 0 bridgehead atoms. The van der Waals surface area contributed by atoms with Crippen LogP contribution >= 0.6 is 11.8 Å². The molecule has 0 aliphatic carbocycles. The van der Waals surface area contributed by atoms with E-state index in [0.717, 1.165) is 34.2 Å². The minimum absolute atomic E-state index is 0.140. The predicted octanol–water partition coefficient (Wildman–Crippen LogP) is 5.39. The van der Waals surface area contributed by atoms with Crippen molar-refractivity contribution in [1.82, 2.24) is 24.6 Å². The molecule has 1 fully saturated rings. The molecular weight excluding hydrogens is 511 g/mol. The van der Waals surface area contributed by atoms with E-state index in [2.05, 4.69) is 39.0 Å². The van der Waals surface area contributed by atoms with Crippen molar-refractivity contribution >= 4 is 45.4 Å². The lowest BCUT2D eigenvalue weighted by molar-refractivity contribution is -0.131. The number of anilines is 1. The van der Waals surface area contributed by atoms with Crippen LogP contribution in [0, 0.1) is 5.82 Å². The third-order valence-corrected chi connectivity index (χ3v) is 8.05. The molecule has 0 N–H and O–H groups in total. The Kier molecular flexibility index (Phi) is 7.40. The maximum Gasteiger partial charge on any atom is 0.222 e. The van der Waals surface area contributed by atoms with E-state index < -0.39 is 0 Å². The molecule has 1 saturated heterocycles. The monoisotopic (exact) mass is 540 g/mol. The maximum atomic E-state index is 14.1. The van der Waals surface area contributed by atoms with Gasteiger partial charge in [0.05, 0.1) is 11.2 Å². The molecule has 39 heavy (non-hydrogen) atoms. The van der Waals surface area contributed by atoms with Gasteiger partial charge in [0, 0.05) is 50.3 Å². The Bertz CT molecular complexity index is 1600. The van der Waals surface area contributed by atoms with E-state index in [1.165, 1.54) is 23.4 Å². The van der Waals surface area contributed by atoms with Crippen LogP contribution in [0.5, 0.6) is 0 Å². The van der Waals surface area contributed by atoms with Gasteiger partial charge in [0.2, 0.25) is 11.1 Å². The normalized spacial score (nSPS) is 13.9. The summed E-state index contributed by atoms with van der Waals surface area (Å²) in [4.78, 5) is 21.6. The van der Waals surface area contributed by atoms with Crippen LogP contribution in [-0.2, 0) is 11.3 Å². The van der Waals surface area contributed by atoms with Gasteiger partial charge in [-0.25, -0.2) is 9.37 Å². The van der Waals surface area contributed by atoms with Crippen LogP contribution in [0.3, 0.4) is 0 Å². The van der Waals surface area contributed by atoms with Gasteiger partial charge in [0.25, 0.3) is 0 Å². The fourth-order valence-electron chi connectivity index (χ4n) is 5.13. The highest BCUT2D eigenvalue weighted by Crippen LogP contribution is 2.28. The number of carbonyl (C=O) groups excluding carboxylic acids is 1. The van der Waals surface area contributed by atoms with E-state index in [1.54, 1.807) is 12.1 Å². The fraction of sp³-hybridized carbons (Fsp3) is 0.267. The summed E-state index contributed by atoms with van der Waals surface area (Å²) in [6.45, 7) is 3.19. The molecule has 6 rings (SSSR count). The zero-order valence-corrected chi connectivity index (χ0v) is 22.4. The summed E-state index contributed by atoms with van der Waals surface area (Å²) in [5, 5.41) is 10.6. The molecule has 7 nitrogen and oxygen atoms in total. The maximum absolute atomic E-state index is 14.1. The van der Waals surface area contributed by atoms with Crippen molar-refractivity contribution in [2.75, 3.05) is 36.8 Å². The second-order valence-electron chi connectivity index (χ2n) is 9.63. The fourth-order valence-corrected chi connectivity index (χ4v) is 5.85. The Labute approximate surface area is 230 Å². The van der Waals surface area contributed by atoms with Crippen molar-refractivity contribution in [2.45, 2.75) is 24.5 Å². The summed E-state index contributed by atoms with van der Waals surface area (Å²) >= 11 is 1.53. The number of thioether (sulfide) groups is 1. The minimum Gasteiger partial charge on any atom is -0.366 e. The van der Waals surface area contributed by atoms with Crippen molar-refractivity contribution in [3.63, 3.8) is 0 Å². The number of carbonyl (C=O) groups is 1. The Balaban J connectivity index is 1.06. The molecule has 3 heterocycles. The first-order valence-electron chi connectivity index (χ1n) is 13.2. The SMILES string of the molecule is O=C(CCCSc1nnc2c3ccccc3n(Cc3ccccc3)c2n1)N1CCN(c2ccccc2F)CC1. The number of amides is 1. The third kappa shape index (κ3) is 5.45. The zero-order chi connectivity index (χ0) is 26.6. The lowest BCUT2D eigenvalue weighted by Gasteiger charge is -2.36. The van der Waals surface area contributed by atoms with Gasteiger partial charge in [-0.15, -0.1) is 10.2 Å². The molecule has 0 radical (unpaired) electrons. The number of fused-ring (bicyclic) bond motifs is 3. The molecule has 0 spiro atoms. The summed E-state index contributed by atoms with van der Waals surface area (Å²) in [7, 11) is 0. The second-order valence-corrected chi connectivity index (χ2v) is 10.7. The second kappa shape index (κ2) is 11.4. The summed E-state index contributed by atoms with van der Waals surface area (Å²) in [6, 6.07) is 25.3. The summed E-state index contributed by atoms with van der Waals surface area (Å²) in [5.74, 6) is 0.651. The molecule has 198 valence electrons. The number of para-hydroxylation sites is 2. The molecule has 1 aliphatic rings. The highest BCUT2D eigenvalue weighted by Gasteiger charge is 2.22. The molecule has 3 aromatic carbocycles. The first-order chi connectivity index (χ1) is 19.2. The highest BCUT2D eigenvalue weighted by atomic mass is 32.2. The van der Waals surface area contributed by atoms with Gasteiger partial charge in [-0.2, -0.15) is 0 Å². The van der Waals surface area contributed by atoms with Crippen molar-refractivity contribution in [3.05, 3.63) is 90.2 Å². The highest BCUT2D eigenvalue weighted by molar-refractivity contribution is 7.99. The summed E-state index contributed by atoms with van der Waals surface area (Å²) in [5.41, 5.74) is 4.51. The minimum atomic E-state index is -0.218. The molecule has 0 atom stereocenters. The summed E-state index contributed by atoms with van der Waals surface area (Å²) < 4.78 is 16.3. The van der Waals surface area contributed by atoms with Crippen LogP contribution in [0.2, 0.25) is 0 Å². The van der Waals surface area contributed by atoms with Gasteiger partial charge in [-0.05, 0) is 30.2 Å². The Morgan fingerprint density at radius 2 is 1.62 bits per heavy atom. The van der Waals surface area contributed by atoms with Gasteiger partial charge in [0.1, 0.15) is 11.3 Å². The number of hydrogen-bond acceptors (Lipinski definition) is 6. The van der Waals surface area contributed by atoms with Gasteiger partial charge in [0.15, 0.2) is 5.65 Å². The van der Waals surface area contributed by atoms with Gasteiger partial charge in [-0.3, -0.25) is 4.79 Å². The molecule has 0 saturated carbocycles. The van der Waals surface area contributed by atoms with Crippen molar-refractivity contribution in [3.8, 4) is 0 Å². The zero-order valence-electron chi connectivity index (χ0n) is 21.5. The molecule has 5 aromatic rings. The number of piperazine rings is 1. The lowest BCUT2D eigenvalue weighted by Crippen LogP contribution is -2.49. The topological polar surface area (TPSA) is 67.2 Å².